The maximum absolute atomic E-state index is 12.1. The van der Waals surface area contributed by atoms with Crippen molar-refractivity contribution in [3.05, 3.63) is 23.3 Å². The Morgan fingerprint density at radius 3 is 2.54 bits per heavy atom. The van der Waals surface area contributed by atoms with Crippen LogP contribution in [0.2, 0.25) is 0 Å². The second kappa shape index (κ2) is 5.28. The first-order valence-corrected chi connectivity index (χ1v) is 9.56. The van der Waals surface area contributed by atoms with Crippen LogP contribution >= 0.6 is 0 Å². The summed E-state index contributed by atoms with van der Waals surface area (Å²) in [6.07, 6.45) is 9.16. The highest BCUT2D eigenvalue weighted by molar-refractivity contribution is 5.95. The maximum Gasteiger partial charge on any atom is 0.156 e. The van der Waals surface area contributed by atoms with Gasteiger partial charge < -0.3 is 10.2 Å². The van der Waals surface area contributed by atoms with Crippen LogP contribution in [0, 0.1) is 28.6 Å². The number of fused-ring (bicyclic) bond motifs is 5. The molecule has 0 aromatic rings. The molecule has 4 rings (SSSR count). The highest BCUT2D eigenvalue weighted by Crippen LogP contribution is 2.64. The summed E-state index contributed by atoms with van der Waals surface area (Å²) < 4.78 is 0. The number of carbonyl (C=O) groups is 1. The van der Waals surface area contributed by atoms with E-state index in [1.165, 1.54) is 5.57 Å². The molecule has 0 unspecified atom stereocenters. The van der Waals surface area contributed by atoms with Crippen LogP contribution in [-0.2, 0) is 4.79 Å². The van der Waals surface area contributed by atoms with Crippen LogP contribution in [0.4, 0.5) is 0 Å². The van der Waals surface area contributed by atoms with Gasteiger partial charge in [-0.25, -0.2) is 0 Å². The molecule has 0 amide bonds. The van der Waals surface area contributed by atoms with Crippen molar-refractivity contribution in [3.8, 4) is 0 Å². The Kier molecular flexibility index (Phi) is 3.64. The Morgan fingerprint density at radius 1 is 1.12 bits per heavy atom. The zero-order valence-electron chi connectivity index (χ0n) is 15.1. The van der Waals surface area contributed by atoms with Crippen LogP contribution in [0.15, 0.2) is 23.3 Å². The molecule has 0 radical (unpaired) electrons. The van der Waals surface area contributed by atoms with Crippen LogP contribution in [0.1, 0.15) is 59.3 Å². The third-order valence-electron chi connectivity index (χ3n) is 8.06. The molecule has 0 aromatic carbocycles. The van der Waals surface area contributed by atoms with Crippen LogP contribution in [-0.4, -0.2) is 28.2 Å². The molecule has 2 saturated carbocycles. The van der Waals surface area contributed by atoms with E-state index in [2.05, 4.69) is 26.0 Å². The average molecular weight is 330 g/mol. The van der Waals surface area contributed by atoms with Gasteiger partial charge in [0.25, 0.3) is 0 Å². The van der Waals surface area contributed by atoms with Gasteiger partial charge in [0, 0.05) is 0 Å². The van der Waals surface area contributed by atoms with E-state index in [0.717, 1.165) is 44.1 Å². The predicted octanol–water partition coefficient (Wildman–Crippen LogP) is 3.41. The fourth-order valence-corrected chi connectivity index (χ4v) is 6.75. The highest BCUT2D eigenvalue weighted by Gasteiger charge is 2.59. The number of hydrogen-bond donors (Lipinski definition) is 2. The Balaban J connectivity index is 1.72. The first-order valence-electron chi connectivity index (χ1n) is 9.56. The van der Waals surface area contributed by atoms with Crippen LogP contribution in [0.3, 0.4) is 0 Å². The summed E-state index contributed by atoms with van der Waals surface area (Å²) in [5.41, 5.74) is 2.32. The number of rotatable bonds is 1. The number of carbonyl (C=O) groups excluding carboxylic acids is 1. The molecule has 4 aliphatic rings. The minimum atomic E-state index is -0.437. The van der Waals surface area contributed by atoms with E-state index in [4.69, 9.17) is 0 Å². The van der Waals surface area contributed by atoms with E-state index >= 15 is 0 Å². The van der Waals surface area contributed by atoms with Crippen molar-refractivity contribution >= 4 is 5.78 Å². The number of aliphatic hydroxyl groups is 2. The minimum Gasteiger partial charge on any atom is -0.393 e. The van der Waals surface area contributed by atoms with Crippen LogP contribution in [0.25, 0.3) is 0 Å². The molecule has 24 heavy (non-hydrogen) atoms. The zero-order valence-corrected chi connectivity index (χ0v) is 15.1. The molecule has 0 aromatic heterocycles. The predicted molar refractivity (Wildman–Crippen MR) is 93.2 cm³/mol. The molecule has 0 bridgehead atoms. The lowest BCUT2D eigenvalue weighted by atomic mass is 9.46. The minimum absolute atomic E-state index is 0.0656. The quantitative estimate of drug-likeness (QED) is 0.725. The normalized spacial score (nSPS) is 50.3. The lowest BCUT2D eigenvalue weighted by molar-refractivity contribution is -0.117. The van der Waals surface area contributed by atoms with Gasteiger partial charge in [0.2, 0.25) is 0 Å². The monoisotopic (exact) mass is 330 g/mol. The first kappa shape index (κ1) is 16.5. The van der Waals surface area contributed by atoms with Crippen LogP contribution < -0.4 is 0 Å². The number of Topliss-reactive ketones (excluding diaryl/α,β-unsaturated/α-hetero) is 1. The number of aliphatic hydroxyl groups excluding tert-OH is 2. The zero-order chi connectivity index (χ0) is 17.3. The fraction of sp³-hybridized carbons (Fsp3) is 0.762. The van der Waals surface area contributed by atoms with Gasteiger partial charge >= 0.3 is 0 Å². The molecule has 3 heteroatoms. The lowest BCUT2D eigenvalue weighted by Gasteiger charge is -2.58. The van der Waals surface area contributed by atoms with Gasteiger partial charge in [0.1, 0.15) is 0 Å². The summed E-state index contributed by atoms with van der Waals surface area (Å²) in [6.45, 7) is 6.28. The van der Waals surface area contributed by atoms with Gasteiger partial charge in [-0.15, -0.1) is 0 Å². The van der Waals surface area contributed by atoms with Gasteiger partial charge in [0.15, 0.2) is 5.78 Å². The number of allylic oxidation sites excluding steroid dienone is 2. The SMILES string of the molecule is CC(=O)C1=CC[C@H]2[C@@H]3[C@H](O)C=C4C[C@@H](O)CC[C@]4(C)[C@H]3CC[C@]12C. The van der Waals surface area contributed by atoms with E-state index < -0.39 is 6.10 Å². The summed E-state index contributed by atoms with van der Waals surface area (Å²) >= 11 is 0. The van der Waals surface area contributed by atoms with Crippen molar-refractivity contribution in [2.75, 3.05) is 0 Å². The summed E-state index contributed by atoms with van der Waals surface area (Å²) in [5.74, 6) is 1.28. The Hall–Kier alpha value is -0.930. The Bertz CT molecular complexity index is 633. The molecule has 0 heterocycles. The van der Waals surface area contributed by atoms with Crippen molar-refractivity contribution in [1.82, 2.24) is 0 Å². The molecular weight excluding hydrogens is 300 g/mol. The van der Waals surface area contributed by atoms with E-state index in [9.17, 15) is 15.0 Å². The fourth-order valence-electron chi connectivity index (χ4n) is 6.75. The average Bonchev–Trinajstić information content (AvgIpc) is 2.86. The Morgan fingerprint density at radius 2 is 1.83 bits per heavy atom. The van der Waals surface area contributed by atoms with Crippen molar-refractivity contribution in [2.24, 2.45) is 28.6 Å². The smallest absolute Gasteiger partial charge is 0.156 e. The largest absolute Gasteiger partial charge is 0.393 e. The molecule has 7 atom stereocenters. The van der Waals surface area contributed by atoms with Gasteiger partial charge in [0.05, 0.1) is 12.2 Å². The van der Waals surface area contributed by atoms with Gasteiger partial charge in [-0.05, 0) is 79.6 Å². The maximum atomic E-state index is 12.1. The third kappa shape index (κ3) is 2.07. The summed E-state index contributed by atoms with van der Waals surface area (Å²) in [6, 6.07) is 0. The molecular formula is C21H30O3. The van der Waals surface area contributed by atoms with Crippen LogP contribution in [0.5, 0.6) is 0 Å². The van der Waals surface area contributed by atoms with Gasteiger partial charge in [-0.3, -0.25) is 4.79 Å². The van der Waals surface area contributed by atoms with Crippen molar-refractivity contribution in [3.63, 3.8) is 0 Å². The van der Waals surface area contributed by atoms with Gasteiger partial charge in [-0.2, -0.15) is 0 Å². The summed E-state index contributed by atoms with van der Waals surface area (Å²) in [4.78, 5) is 12.1. The number of ketones is 1. The molecule has 0 saturated heterocycles. The molecule has 132 valence electrons. The lowest BCUT2D eigenvalue weighted by Crippen LogP contribution is -2.54. The molecule has 0 aliphatic heterocycles. The van der Waals surface area contributed by atoms with Crippen molar-refractivity contribution in [2.45, 2.75) is 71.5 Å². The topological polar surface area (TPSA) is 57.5 Å². The molecule has 0 spiro atoms. The van der Waals surface area contributed by atoms with Crippen molar-refractivity contribution < 1.29 is 15.0 Å². The van der Waals surface area contributed by atoms with E-state index in [-0.39, 0.29) is 28.6 Å². The van der Waals surface area contributed by atoms with E-state index in [1.54, 1.807) is 6.92 Å². The van der Waals surface area contributed by atoms with E-state index in [1.807, 2.05) is 0 Å². The van der Waals surface area contributed by atoms with Crippen molar-refractivity contribution in [1.29, 1.82) is 0 Å². The third-order valence-corrected chi connectivity index (χ3v) is 8.06. The first-order chi connectivity index (χ1) is 11.3. The highest BCUT2D eigenvalue weighted by atomic mass is 16.3. The molecule has 3 nitrogen and oxygen atoms in total. The summed E-state index contributed by atoms with van der Waals surface area (Å²) in [7, 11) is 0. The number of hydrogen-bond acceptors (Lipinski definition) is 3. The summed E-state index contributed by atoms with van der Waals surface area (Å²) in [5, 5.41) is 21.0. The van der Waals surface area contributed by atoms with Gasteiger partial charge in [-0.1, -0.05) is 31.6 Å². The second-order valence-electron chi connectivity index (χ2n) is 9.15. The molecule has 2 fully saturated rings. The van der Waals surface area contributed by atoms with E-state index in [0.29, 0.717) is 11.8 Å². The second-order valence-corrected chi connectivity index (χ2v) is 9.15. The Labute approximate surface area is 144 Å². The standard InChI is InChI=1S/C21H30O3/c1-12(22)15-4-5-16-19-17(7-9-21(15,16)3)20(2)8-6-14(23)10-13(20)11-18(19)24/h4,11,14,16-19,23-24H,5-10H2,1-3H3/t14-,16-,17-,18+,19-,20-,21+/m0/s1. The molecule has 4 aliphatic carbocycles. The molecule has 2 N–H and O–H groups in total.